The molecule has 4 aliphatic heterocycles. The molecule has 0 aliphatic carbocycles. The lowest BCUT2D eigenvalue weighted by molar-refractivity contribution is 0.0326. The van der Waals surface area contributed by atoms with Crippen molar-refractivity contribution in [3.8, 4) is 17.3 Å². The Bertz CT molecular complexity index is 1760. The van der Waals surface area contributed by atoms with Crippen molar-refractivity contribution >= 4 is 27.5 Å². The van der Waals surface area contributed by atoms with Gasteiger partial charge >= 0.3 is 6.01 Å². The van der Waals surface area contributed by atoms with E-state index in [1.165, 1.54) is 6.07 Å². The third-order valence-electron chi connectivity index (χ3n) is 10.0. The smallest absolute Gasteiger partial charge is 0.319 e. The van der Waals surface area contributed by atoms with Gasteiger partial charge in [0.05, 0.1) is 23.6 Å². The Morgan fingerprint density at radius 1 is 1.04 bits per heavy atom. The number of ether oxygens (including phenoxy) is 3. The van der Waals surface area contributed by atoms with Crippen LogP contribution in [-0.2, 0) is 9.47 Å². The van der Waals surface area contributed by atoms with Crippen molar-refractivity contribution in [3.05, 3.63) is 53.7 Å². The maximum atomic E-state index is 16.8. The summed E-state index contributed by atoms with van der Waals surface area (Å²) in [5.41, 5.74) is 1.09. The molecule has 4 aliphatic rings. The van der Waals surface area contributed by atoms with E-state index in [1.54, 1.807) is 25.3 Å². The fourth-order valence-electron chi connectivity index (χ4n) is 7.79. The average molecular weight is 617 g/mol. The molecule has 0 amide bonds. The molecule has 0 saturated carbocycles. The van der Waals surface area contributed by atoms with Crippen LogP contribution in [0.3, 0.4) is 0 Å². The van der Waals surface area contributed by atoms with Gasteiger partial charge in [0, 0.05) is 57.2 Å². The Morgan fingerprint density at radius 2 is 1.98 bits per heavy atom. The fraction of sp³-hybridized carbons (Fsp3) is 0.500. The van der Waals surface area contributed by atoms with Gasteiger partial charge < -0.3 is 24.4 Å². The van der Waals surface area contributed by atoms with Crippen molar-refractivity contribution in [2.45, 2.75) is 50.3 Å². The molecule has 6 bridgehead atoms. The third-order valence-corrected chi connectivity index (χ3v) is 10.0. The van der Waals surface area contributed by atoms with Crippen molar-refractivity contribution in [1.29, 1.82) is 0 Å². The fourth-order valence-corrected chi connectivity index (χ4v) is 7.79. The maximum absolute atomic E-state index is 16.8. The van der Waals surface area contributed by atoms with E-state index in [9.17, 15) is 4.39 Å². The molecule has 6 heterocycles. The van der Waals surface area contributed by atoms with E-state index in [2.05, 4.69) is 25.1 Å². The minimum atomic E-state index is -0.576. The summed E-state index contributed by atoms with van der Waals surface area (Å²) in [4.78, 5) is 18.8. The van der Waals surface area contributed by atoms with Crippen molar-refractivity contribution < 1.29 is 23.0 Å². The molecular weight excluding hydrogens is 578 g/mol. The van der Waals surface area contributed by atoms with Crippen LogP contribution in [0.25, 0.3) is 32.9 Å². The van der Waals surface area contributed by atoms with E-state index in [0.717, 1.165) is 50.7 Å². The molecule has 8 rings (SSSR count). The lowest BCUT2D eigenvalue weighted by Gasteiger charge is -2.35. The summed E-state index contributed by atoms with van der Waals surface area (Å²) in [6, 6.07) is 8.90. The van der Waals surface area contributed by atoms with Gasteiger partial charge in [-0.2, -0.15) is 9.97 Å². The Labute approximate surface area is 260 Å². The highest BCUT2D eigenvalue weighted by Gasteiger charge is 2.49. The Hall–Kier alpha value is -3.51. The number of pyridine rings is 1. The van der Waals surface area contributed by atoms with Gasteiger partial charge in [0.1, 0.15) is 29.5 Å². The van der Waals surface area contributed by atoms with Gasteiger partial charge in [-0.1, -0.05) is 24.3 Å². The number of nitrogens with one attached hydrogen (secondary N) is 1. The monoisotopic (exact) mass is 616 g/mol. The molecule has 45 heavy (non-hydrogen) atoms. The highest BCUT2D eigenvalue weighted by Crippen LogP contribution is 2.41. The largest absolute Gasteiger partial charge is 0.461 e. The molecule has 3 fully saturated rings. The standard InChI is InChI=1S/C34H38F2N6O3/c1-21-27(35)8-7-22-5-2-6-25(28(21)22)30-29(36)31-26(16-38-30)32-40-33(39-31)45-20-34-9-3-11-42(34)18-24(15-34)44-14-4-13-43-19-23-17-41(32)12-10-37-23/h2,5-8,16,23-24,37H,3-4,9-15,17-20H2,1H3. The van der Waals surface area contributed by atoms with Crippen molar-refractivity contribution in [3.63, 3.8) is 0 Å². The molecular formula is C34H38F2N6O3. The highest BCUT2D eigenvalue weighted by atomic mass is 19.1. The molecule has 4 aromatic rings. The van der Waals surface area contributed by atoms with Gasteiger partial charge in [0.15, 0.2) is 5.82 Å². The predicted molar refractivity (Wildman–Crippen MR) is 168 cm³/mol. The zero-order chi connectivity index (χ0) is 30.5. The van der Waals surface area contributed by atoms with E-state index in [1.807, 2.05) is 12.1 Å². The van der Waals surface area contributed by atoms with Gasteiger partial charge in [-0.15, -0.1) is 0 Å². The van der Waals surface area contributed by atoms with Crippen LogP contribution in [0.2, 0.25) is 0 Å². The number of rotatable bonds is 1. The molecule has 2 aromatic carbocycles. The first-order chi connectivity index (χ1) is 22.0. The quantitative estimate of drug-likeness (QED) is 0.329. The van der Waals surface area contributed by atoms with Gasteiger partial charge in [-0.3, -0.25) is 9.88 Å². The second-order valence-corrected chi connectivity index (χ2v) is 12.9. The molecule has 236 valence electrons. The second kappa shape index (κ2) is 11.7. The van der Waals surface area contributed by atoms with Crippen LogP contribution in [0.4, 0.5) is 14.6 Å². The number of piperazine rings is 1. The first-order valence-corrected chi connectivity index (χ1v) is 16.1. The summed E-state index contributed by atoms with van der Waals surface area (Å²) in [5, 5.41) is 5.50. The summed E-state index contributed by atoms with van der Waals surface area (Å²) in [5.74, 6) is -0.325. The van der Waals surface area contributed by atoms with Gasteiger partial charge in [-0.25, -0.2) is 8.78 Å². The number of nitrogens with zero attached hydrogens (tertiary/aromatic N) is 5. The summed E-state index contributed by atoms with van der Waals surface area (Å²) in [6.45, 7) is 7.91. The summed E-state index contributed by atoms with van der Waals surface area (Å²) in [7, 11) is 0. The lowest BCUT2D eigenvalue weighted by atomic mass is 9.94. The molecule has 3 saturated heterocycles. The van der Waals surface area contributed by atoms with Crippen LogP contribution < -0.4 is 15.0 Å². The number of hydrogen-bond donors (Lipinski definition) is 1. The molecule has 0 radical (unpaired) electrons. The van der Waals surface area contributed by atoms with Gasteiger partial charge in [-0.05, 0) is 61.6 Å². The Balaban J connectivity index is 1.25. The van der Waals surface area contributed by atoms with Gasteiger partial charge in [0.25, 0.3) is 0 Å². The second-order valence-electron chi connectivity index (χ2n) is 12.9. The van der Waals surface area contributed by atoms with Crippen LogP contribution in [0.5, 0.6) is 6.01 Å². The SMILES string of the molecule is Cc1c(F)ccc2cccc(-c3ncc4c5nc(nc4c3F)OCC34CCCN3CC(C4)OCCCOCC3CN5CCN3)c12. The third kappa shape index (κ3) is 5.19. The van der Waals surface area contributed by atoms with E-state index in [-0.39, 0.29) is 40.7 Å². The topological polar surface area (TPSA) is 84.9 Å². The van der Waals surface area contributed by atoms with Crippen molar-refractivity contribution in [2.24, 2.45) is 0 Å². The summed E-state index contributed by atoms with van der Waals surface area (Å²) >= 11 is 0. The zero-order valence-electron chi connectivity index (χ0n) is 25.5. The molecule has 9 nitrogen and oxygen atoms in total. The number of aromatic nitrogens is 3. The van der Waals surface area contributed by atoms with E-state index >= 15 is 4.39 Å². The van der Waals surface area contributed by atoms with E-state index in [4.69, 9.17) is 19.2 Å². The number of benzene rings is 2. The normalized spacial score (nSPS) is 26.2. The lowest BCUT2D eigenvalue weighted by Crippen LogP contribution is -2.53. The van der Waals surface area contributed by atoms with Crippen LogP contribution in [0.15, 0.2) is 36.5 Å². The molecule has 11 heteroatoms. The maximum Gasteiger partial charge on any atom is 0.319 e. The van der Waals surface area contributed by atoms with Crippen molar-refractivity contribution in [2.75, 3.05) is 64.1 Å². The molecule has 2 aromatic heterocycles. The zero-order valence-corrected chi connectivity index (χ0v) is 25.5. The minimum Gasteiger partial charge on any atom is -0.461 e. The molecule has 3 atom stereocenters. The van der Waals surface area contributed by atoms with Crippen LogP contribution >= 0.6 is 0 Å². The molecule has 3 unspecified atom stereocenters. The summed E-state index contributed by atoms with van der Waals surface area (Å²) < 4.78 is 50.2. The van der Waals surface area contributed by atoms with Crippen molar-refractivity contribution in [1.82, 2.24) is 25.2 Å². The number of fused-ring (bicyclic) bond motifs is 9. The van der Waals surface area contributed by atoms with Crippen LogP contribution in [-0.4, -0.2) is 96.7 Å². The Kier molecular flexibility index (Phi) is 7.52. The predicted octanol–water partition coefficient (Wildman–Crippen LogP) is 4.63. The summed E-state index contributed by atoms with van der Waals surface area (Å²) in [6.07, 6.45) is 5.63. The first kappa shape index (κ1) is 28.9. The highest BCUT2D eigenvalue weighted by molar-refractivity contribution is 6.00. The van der Waals surface area contributed by atoms with E-state index < -0.39 is 5.82 Å². The number of halogens is 2. The Morgan fingerprint density at radius 3 is 2.91 bits per heavy atom. The van der Waals surface area contributed by atoms with Gasteiger partial charge in [0.2, 0.25) is 0 Å². The molecule has 1 spiro atoms. The molecule has 1 N–H and O–H groups in total. The number of anilines is 1. The average Bonchev–Trinajstić information content (AvgIpc) is 3.60. The van der Waals surface area contributed by atoms with Crippen LogP contribution in [0, 0.1) is 18.6 Å². The minimum absolute atomic E-state index is 0.0809. The van der Waals surface area contributed by atoms with E-state index in [0.29, 0.717) is 67.2 Å². The number of aryl methyl sites for hydroxylation is 1. The van der Waals surface area contributed by atoms with Crippen LogP contribution in [0.1, 0.15) is 31.2 Å². The first-order valence-electron chi connectivity index (χ1n) is 16.1. The number of hydrogen-bond acceptors (Lipinski definition) is 9.